The Labute approximate surface area is 190 Å². The van der Waals surface area contributed by atoms with Crippen LogP contribution in [0.4, 0.5) is 15.8 Å². The zero-order valence-corrected chi connectivity index (χ0v) is 19.0. The first-order chi connectivity index (χ1) is 14.9. The van der Waals surface area contributed by atoms with E-state index in [0.29, 0.717) is 0 Å². The molecule has 0 radical (unpaired) electrons. The van der Waals surface area contributed by atoms with Crippen LogP contribution in [0, 0.1) is 25.1 Å². The molecular weight excluding hydrogens is 405 g/mol. The minimum Gasteiger partial charge on any atom is -0.317 e. The molecule has 0 atom stereocenters. The van der Waals surface area contributed by atoms with Gasteiger partial charge in [0, 0.05) is 22.6 Å². The summed E-state index contributed by atoms with van der Waals surface area (Å²) in [4.78, 5) is 1.98. The van der Waals surface area contributed by atoms with Crippen molar-refractivity contribution < 1.29 is 4.39 Å². The number of aryl methyl sites for hydroxylation is 1. The van der Waals surface area contributed by atoms with E-state index in [1.165, 1.54) is 23.3 Å². The van der Waals surface area contributed by atoms with Crippen LogP contribution in [0.15, 0.2) is 85.6 Å². The lowest BCUT2D eigenvalue weighted by molar-refractivity contribution is 0.628. The molecule has 0 aliphatic heterocycles. The first-order valence-electron chi connectivity index (χ1n) is 9.98. The third-order valence-corrected chi connectivity index (χ3v) is 5.04. The van der Waals surface area contributed by atoms with Crippen LogP contribution in [0.3, 0.4) is 0 Å². The van der Waals surface area contributed by atoms with Crippen molar-refractivity contribution in [3.63, 3.8) is 0 Å². The number of allylic oxidation sites excluding steroid dienone is 2. The molecule has 0 aromatic heterocycles. The van der Waals surface area contributed by atoms with E-state index < -0.39 is 0 Å². The van der Waals surface area contributed by atoms with Gasteiger partial charge in [-0.3, -0.25) is 0 Å². The van der Waals surface area contributed by atoms with Crippen LogP contribution in [-0.4, -0.2) is 0 Å². The van der Waals surface area contributed by atoms with Crippen molar-refractivity contribution in [2.45, 2.75) is 27.2 Å². The van der Waals surface area contributed by atoms with Gasteiger partial charge in [-0.1, -0.05) is 48.5 Å². The van der Waals surface area contributed by atoms with Crippen molar-refractivity contribution in [2.24, 2.45) is 0 Å². The maximum absolute atomic E-state index is 13.3. The van der Waals surface area contributed by atoms with Gasteiger partial charge in [0.25, 0.3) is 0 Å². The molecule has 3 aromatic rings. The van der Waals surface area contributed by atoms with Crippen molar-refractivity contribution in [3.8, 4) is 12.3 Å². The van der Waals surface area contributed by atoms with Gasteiger partial charge in [-0.05, 0) is 91.9 Å². The predicted octanol–water partition coefficient (Wildman–Crippen LogP) is 8.35. The van der Waals surface area contributed by atoms with Crippen molar-refractivity contribution in [2.75, 3.05) is 4.90 Å². The summed E-state index contributed by atoms with van der Waals surface area (Å²) in [6.07, 6.45) is 9.31. The molecule has 31 heavy (non-hydrogen) atoms. The first-order valence-corrected chi connectivity index (χ1v) is 10.4. The fraction of sp³-hybridized carbons (Fsp3) is 0.143. The highest BCUT2D eigenvalue weighted by Crippen LogP contribution is 2.32. The standard InChI is InChI=1S/C25H23ClFN.C3H4/c1-4-20(16-19-7-10-22(26)11-8-19)21-9-6-18(3)25(17-21)28(5-2)24-14-12-23(27)13-15-24;1-3-2/h4-15,17H,2,16H2,1,3H3;1H,2H3/b20-4+;. The summed E-state index contributed by atoms with van der Waals surface area (Å²) >= 11 is 6.00. The minimum absolute atomic E-state index is 0.252. The van der Waals surface area contributed by atoms with E-state index in [4.69, 9.17) is 11.6 Å². The Kier molecular flexibility index (Phi) is 9.13. The highest BCUT2D eigenvalue weighted by molar-refractivity contribution is 6.30. The summed E-state index contributed by atoms with van der Waals surface area (Å²) in [6, 6.07) is 20.8. The van der Waals surface area contributed by atoms with Gasteiger partial charge in [0.2, 0.25) is 0 Å². The lowest BCUT2D eigenvalue weighted by Crippen LogP contribution is -2.10. The molecular formula is C28H27ClFN. The van der Waals surface area contributed by atoms with E-state index in [1.807, 2.05) is 17.0 Å². The van der Waals surface area contributed by atoms with Gasteiger partial charge >= 0.3 is 0 Å². The Balaban J connectivity index is 0.00000107. The third kappa shape index (κ3) is 6.60. The summed E-state index contributed by atoms with van der Waals surface area (Å²) in [5.41, 5.74) is 6.60. The quantitative estimate of drug-likeness (QED) is 0.354. The number of hydrogen-bond donors (Lipinski definition) is 0. The summed E-state index contributed by atoms with van der Waals surface area (Å²) in [7, 11) is 0. The molecule has 0 amide bonds. The highest BCUT2D eigenvalue weighted by atomic mass is 35.5. The van der Waals surface area contributed by atoms with E-state index in [-0.39, 0.29) is 5.82 Å². The second-order valence-electron chi connectivity index (χ2n) is 6.94. The van der Waals surface area contributed by atoms with Crippen LogP contribution in [0.25, 0.3) is 5.57 Å². The molecule has 0 saturated heterocycles. The van der Waals surface area contributed by atoms with Crippen LogP contribution in [0.2, 0.25) is 5.02 Å². The molecule has 1 nitrogen and oxygen atoms in total. The summed E-state index contributed by atoms with van der Waals surface area (Å²) < 4.78 is 13.3. The van der Waals surface area contributed by atoms with Crippen LogP contribution in [0.1, 0.15) is 30.5 Å². The van der Waals surface area contributed by atoms with E-state index in [2.05, 4.69) is 69.2 Å². The Hall–Kier alpha value is -3.28. The van der Waals surface area contributed by atoms with Crippen molar-refractivity contribution in [1.29, 1.82) is 0 Å². The molecule has 0 spiro atoms. The molecule has 0 aliphatic rings. The number of benzene rings is 3. The van der Waals surface area contributed by atoms with Crippen molar-refractivity contribution in [1.82, 2.24) is 0 Å². The number of terminal acetylenes is 1. The molecule has 3 aromatic carbocycles. The maximum Gasteiger partial charge on any atom is 0.123 e. The minimum atomic E-state index is -0.252. The van der Waals surface area contributed by atoms with Gasteiger partial charge in [-0.2, -0.15) is 0 Å². The number of halogens is 2. The Morgan fingerprint density at radius 2 is 1.71 bits per heavy atom. The van der Waals surface area contributed by atoms with Crippen LogP contribution in [0.5, 0.6) is 0 Å². The van der Waals surface area contributed by atoms with E-state index >= 15 is 0 Å². The van der Waals surface area contributed by atoms with Gasteiger partial charge in [-0.15, -0.1) is 12.3 Å². The Bertz CT molecular complexity index is 1070. The third-order valence-electron chi connectivity index (χ3n) is 4.78. The second-order valence-corrected chi connectivity index (χ2v) is 7.37. The fourth-order valence-electron chi connectivity index (χ4n) is 3.21. The van der Waals surface area contributed by atoms with Crippen molar-refractivity contribution in [3.05, 3.63) is 113 Å². The Morgan fingerprint density at radius 3 is 2.26 bits per heavy atom. The van der Waals surface area contributed by atoms with Gasteiger partial charge in [0.1, 0.15) is 5.82 Å². The lowest BCUT2D eigenvalue weighted by atomic mass is 9.96. The molecule has 0 heterocycles. The van der Waals surface area contributed by atoms with Gasteiger partial charge in [0.05, 0.1) is 0 Å². The van der Waals surface area contributed by atoms with E-state index in [1.54, 1.807) is 25.3 Å². The molecule has 0 bridgehead atoms. The monoisotopic (exact) mass is 431 g/mol. The molecule has 0 aliphatic carbocycles. The first kappa shape index (κ1) is 24.0. The average molecular weight is 432 g/mol. The SMILES string of the molecule is C#CC.C=CN(c1ccc(F)cc1)c1cc(/C(=C/C)Cc2ccc(Cl)cc2)ccc1C. The van der Waals surface area contributed by atoms with Gasteiger partial charge in [-0.25, -0.2) is 4.39 Å². The molecule has 158 valence electrons. The predicted molar refractivity (Wildman–Crippen MR) is 133 cm³/mol. The summed E-state index contributed by atoms with van der Waals surface area (Å²) in [6.45, 7) is 9.72. The van der Waals surface area contributed by atoms with E-state index in [0.717, 1.165) is 33.9 Å². The summed E-state index contributed by atoms with van der Waals surface area (Å²) in [5.74, 6) is 2.00. The highest BCUT2D eigenvalue weighted by Gasteiger charge is 2.12. The number of anilines is 2. The number of hydrogen-bond acceptors (Lipinski definition) is 1. The smallest absolute Gasteiger partial charge is 0.123 e. The summed E-state index contributed by atoms with van der Waals surface area (Å²) in [5, 5.41) is 0.740. The fourth-order valence-corrected chi connectivity index (χ4v) is 3.33. The number of rotatable bonds is 6. The Morgan fingerprint density at radius 1 is 1.10 bits per heavy atom. The zero-order valence-electron chi connectivity index (χ0n) is 18.2. The number of nitrogens with zero attached hydrogens (tertiary/aromatic N) is 1. The van der Waals surface area contributed by atoms with Gasteiger partial charge < -0.3 is 4.90 Å². The topological polar surface area (TPSA) is 3.24 Å². The molecule has 3 rings (SSSR count). The van der Waals surface area contributed by atoms with Gasteiger partial charge in [0.15, 0.2) is 0 Å². The second kappa shape index (κ2) is 11.8. The average Bonchev–Trinajstić information content (AvgIpc) is 2.77. The maximum atomic E-state index is 13.3. The van der Waals surface area contributed by atoms with Crippen LogP contribution in [-0.2, 0) is 6.42 Å². The van der Waals surface area contributed by atoms with Crippen LogP contribution >= 0.6 is 11.6 Å². The largest absolute Gasteiger partial charge is 0.317 e. The molecule has 0 saturated carbocycles. The lowest BCUT2D eigenvalue weighted by Gasteiger charge is -2.23. The molecule has 0 fully saturated rings. The normalized spacial score (nSPS) is 10.5. The van der Waals surface area contributed by atoms with E-state index in [9.17, 15) is 4.39 Å². The zero-order chi connectivity index (χ0) is 22.8. The van der Waals surface area contributed by atoms with Crippen LogP contribution < -0.4 is 4.90 Å². The molecule has 0 unspecified atom stereocenters. The van der Waals surface area contributed by atoms with Crippen molar-refractivity contribution >= 4 is 28.5 Å². The molecule has 0 N–H and O–H groups in total. The molecule has 3 heteroatoms.